The molecule has 1 aromatic heterocycles. The van der Waals surface area contributed by atoms with Crippen LogP contribution < -0.4 is 4.74 Å². The van der Waals surface area contributed by atoms with Gasteiger partial charge in [-0.2, -0.15) is 0 Å². The molecule has 1 aliphatic rings. The summed E-state index contributed by atoms with van der Waals surface area (Å²) in [6.07, 6.45) is 0. The van der Waals surface area contributed by atoms with Crippen molar-refractivity contribution in [1.82, 2.24) is 0 Å². The lowest BCUT2D eigenvalue weighted by Gasteiger charge is -2.22. The molecular weight excluding hydrogens is 753 g/mol. The molecule has 1 aliphatic heterocycles. The zero-order valence-electron chi connectivity index (χ0n) is 33.4. The summed E-state index contributed by atoms with van der Waals surface area (Å²) in [5.41, 5.74) is 13.5. The maximum atomic E-state index is 7.02. The summed E-state index contributed by atoms with van der Waals surface area (Å²) in [6, 6.07) is 75.0. The van der Waals surface area contributed by atoms with Gasteiger partial charge in [0.1, 0.15) is 22.7 Å². The van der Waals surface area contributed by atoms with Crippen molar-refractivity contribution in [2.75, 3.05) is 0 Å². The molecule has 14 rings (SSSR count). The Morgan fingerprint density at radius 1 is 0.258 bits per heavy atom. The van der Waals surface area contributed by atoms with Crippen LogP contribution in [-0.2, 0) is 0 Å². The van der Waals surface area contributed by atoms with E-state index in [4.69, 9.17) is 9.15 Å². The van der Waals surface area contributed by atoms with Crippen LogP contribution in [0.4, 0.5) is 0 Å². The normalized spacial score (nSPS) is 12.3. The summed E-state index contributed by atoms with van der Waals surface area (Å²) in [5.74, 6) is 1.77. The molecule has 0 amide bonds. The second-order valence-electron chi connectivity index (χ2n) is 16.7. The monoisotopic (exact) mass is 786 g/mol. The van der Waals surface area contributed by atoms with Gasteiger partial charge in [0.15, 0.2) is 0 Å². The quantitative estimate of drug-likeness (QED) is 0.166. The number of hydrogen-bond acceptors (Lipinski definition) is 2. The van der Waals surface area contributed by atoms with E-state index in [0.29, 0.717) is 0 Å². The zero-order chi connectivity index (χ0) is 40.5. The van der Waals surface area contributed by atoms with Gasteiger partial charge in [-0.1, -0.05) is 170 Å². The highest BCUT2D eigenvalue weighted by Gasteiger charge is 2.24. The summed E-state index contributed by atoms with van der Waals surface area (Å²) in [5, 5.41) is 14.6. The van der Waals surface area contributed by atoms with Crippen LogP contribution in [0.15, 0.2) is 211 Å². The molecule has 0 atom stereocenters. The molecule has 2 nitrogen and oxygen atoms in total. The summed E-state index contributed by atoms with van der Waals surface area (Å²) in [4.78, 5) is 0. The first-order valence-corrected chi connectivity index (χ1v) is 21.3. The van der Waals surface area contributed by atoms with Crippen molar-refractivity contribution in [3.05, 3.63) is 206 Å². The lowest BCUT2D eigenvalue weighted by Crippen LogP contribution is -1.97. The standard InChI is InChI=1S/C60H34O2/c1-2-9-35(10-3-1)42-25-21-38-24-28-50-43(26-22-39-23-27-49(42)56(38)57(39)50)36-17-19-37(20-18-36)44-29-30-51(60-59(44)52-33-40-11-4-5-12-41(40)34-55(52)62-60)45-31-32-54-58-47(45)14-8-15-48(58)46-13-6-7-16-53(46)61-54/h1-34H. The van der Waals surface area contributed by atoms with Crippen molar-refractivity contribution in [3.63, 3.8) is 0 Å². The molecule has 0 spiro atoms. The maximum Gasteiger partial charge on any atom is 0.143 e. The highest BCUT2D eigenvalue weighted by Crippen LogP contribution is 2.51. The number of ether oxygens (including phenoxy) is 1. The maximum absolute atomic E-state index is 7.02. The van der Waals surface area contributed by atoms with E-state index in [1.165, 1.54) is 65.5 Å². The highest BCUT2D eigenvalue weighted by molar-refractivity contribution is 6.28. The number of fused-ring (bicyclic) bond motifs is 6. The zero-order valence-corrected chi connectivity index (χ0v) is 33.4. The van der Waals surface area contributed by atoms with Crippen molar-refractivity contribution in [3.8, 4) is 67.1 Å². The number of para-hydroxylation sites is 1. The fourth-order valence-electron chi connectivity index (χ4n) is 10.6. The molecule has 62 heavy (non-hydrogen) atoms. The lowest BCUT2D eigenvalue weighted by molar-refractivity contribution is 0.487. The van der Waals surface area contributed by atoms with Gasteiger partial charge in [-0.15, -0.1) is 0 Å². The van der Waals surface area contributed by atoms with Crippen LogP contribution in [0.1, 0.15) is 0 Å². The van der Waals surface area contributed by atoms with Crippen LogP contribution in [0.3, 0.4) is 0 Å². The van der Waals surface area contributed by atoms with Crippen molar-refractivity contribution >= 4 is 75.8 Å². The molecule has 0 bridgehead atoms. The van der Waals surface area contributed by atoms with Crippen LogP contribution in [0.5, 0.6) is 11.5 Å². The molecule has 0 unspecified atom stereocenters. The number of benzene rings is 12. The van der Waals surface area contributed by atoms with Crippen LogP contribution >= 0.6 is 0 Å². The van der Waals surface area contributed by atoms with Crippen molar-refractivity contribution in [1.29, 1.82) is 0 Å². The molecule has 0 radical (unpaired) electrons. The van der Waals surface area contributed by atoms with Gasteiger partial charge >= 0.3 is 0 Å². The van der Waals surface area contributed by atoms with Gasteiger partial charge in [0, 0.05) is 27.3 Å². The Kier molecular flexibility index (Phi) is 6.86. The average molecular weight is 787 g/mol. The van der Waals surface area contributed by atoms with E-state index in [9.17, 15) is 0 Å². The third-order valence-corrected chi connectivity index (χ3v) is 13.4. The van der Waals surface area contributed by atoms with Gasteiger partial charge in [-0.3, -0.25) is 0 Å². The summed E-state index contributed by atoms with van der Waals surface area (Å²) in [6.45, 7) is 0. The average Bonchev–Trinajstić information content (AvgIpc) is 3.71. The molecule has 2 heterocycles. The van der Waals surface area contributed by atoms with Gasteiger partial charge in [-0.25, -0.2) is 0 Å². The fourth-order valence-corrected chi connectivity index (χ4v) is 10.6. The van der Waals surface area contributed by atoms with Crippen molar-refractivity contribution in [2.24, 2.45) is 0 Å². The number of hydrogen-bond donors (Lipinski definition) is 0. The van der Waals surface area contributed by atoms with Crippen LogP contribution in [0.25, 0.3) is 131 Å². The molecule has 0 saturated heterocycles. The Labute approximate surface area is 356 Å². The number of furan rings is 1. The lowest BCUT2D eigenvalue weighted by atomic mass is 9.87. The van der Waals surface area contributed by atoms with Crippen LogP contribution in [0, 0.1) is 0 Å². The first-order valence-electron chi connectivity index (χ1n) is 21.3. The van der Waals surface area contributed by atoms with E-state index in [2.05, 4.69) is 194 Å². The van der Waals surface area contributed by atoms with Crippen LogP contribution in [0.2, 0.25) is 0 Å². The van der Waals surface area contributed by atoms with E-state index in [1.54, 1.807) is 0 Å². The third-order valence-electron chi connectivity index (χ3n) is 13.4. The van der Waals surface area contributed by atoms with Gasteiger partial charge < -0.3 is 9.15 Å². The molecule has 13 aromatic rings. The largest absolute Gasteiger partial charge is 0.456 e. The van der Waals surface area contributed by atoms with Crippen LogP contribution in [-0.4, -0.2) is 0 Å². The van der Waals surface area contributed by atoms with E-state index >= 15 is 0 Å². The molecule has 0 N–H and O–H groups in total. The first-order chi connectivity index (χ1) is 30.7. The molecule has 0 fully saturated rings. The highest BCUT2D eigenvalue weighted by atomic mass is 16.5. The minimum atomic E-state index is 0.878. The topological polar surface area (TPSA) is 22.4 Å². The predicted octanol–water partition coefficient (Wildman–Crippen LogP) is 17.2. The number of rotatable bonds is 4. The van der Waals surface area contributed by atoms with Gasteiger partial charge in [0.2, 0.25) is 0 Å². The van der Waals surface area contributed by atoms with Gasteiger partial charge in [0.25, 0.3) is 0 Å². The minimum Gasteiger partial charge on any atom is -0.456 e. The Morgan fingerprint density at radius 3 is 1.58 bits per heavy atom. The first kappa shape index (κ1) is 33.6. The van der Waals surface area contributed by atoms with Crippen molar-refractivity contribution < 1.29 is 9.15 Å². The Morgan fingerprint density at radius 2 is 0.823 bits per heavy atom. The molecule has 0 saturated carbocycles. The Bertz CT molecular complexity index is 3990. The predicted molar refractivity (Wildman–Crippen MR) is 260 cm³/mol. The smallest absolute Gasteiger partial charge is 0.143 e. The van der Waals surface area contributed by atoms with Crippen molar-refractivity contribution in [2.45, 2.75) is 0 Å². The molecule has 2 heteroatoms. The summed E-state index contributed by atoms with van der Waals surface area (Å²) >= 11 is 0. The minimum absolute atomic E-state index is 0.878. The Balaban J connectivity index is 0.948. The van der Waals surface area contributed by atoms with E-state index in [1.807, 2.05) is 12.1 Å². The van der Waals surface area contributed by atoms with Gasteiger partial charge in [0.05, 0.1) is 0 Å². The van der Waals surface area contributed by atoms with Gasteiger partial charge in [-0.05, 0) is 129 Å². The third kappa shape index (κ3) is 4.75. The molecule has 0 aliphatic carbocycles. The molecule has 12 aromatic carbocycles. The molecule has 286 valence electrons. The summed E-state index contributed by atoms with van der Waals surface area (Å²) < 4.78 is 13.5. The summed E-state index contributed by atoms with van der Waals surface area (Å²) in [7, 11) is 0. The Hall–Kier alpha value is -8.20. The van der Waals surface area contributed by atoms with E-state index in [0.717, 1.165) is 77.4 Å². The second-order valence-corrected chi connectivity index (χ2v) is 16.7. The fraction of sp³-hybridized carbons (Fsp3) is 0. The second kappa shape index (κ2) is 12.7. The van der Waals surface area contributed by atoms with E-state index in [-0.39, 0.29) is 0 Å². The SMILES string of the molecule is c1ccc(-c2ccc3ccc4c(-c5ccc(-c6ccc(-c7ccc8c9c(cccc79)-c7ccccc7O8)c7oc8cc9ccccc9cc8c67)cc5)ccc5ccc2c3c54)cc1. The van der Waals surface area contributed by atoms with E-state index < -0.39 is 0 Å². The molecular formula is C60H34O2.